The van der Waals surface area contributed by atoms with E-state index in [9.17, 15) is 14.7 Å². The molecule has 1 N–H and O–H groups in total. The van der Waals surface area contributed by atoms with Crippen molar-refractivity contribution in [2.75, 3.05) is 31.6 Å². The molecule has 0 spiro atoms. The first-order valence-corrected chi connectivity index (χ1v) is 14.3. The third-order valence-electron chi connectivity index (χ3n) is 9.37. The van der Waals surface area contributed by atoms with E-state index in [0.717, 1.165) is 81.4 Å². The van der Waals surface area contributed by atoms with E-state index in [0.29, 0.717) is 28.6 Å². The molecule has 7 nitrogen and oxygen atoms in total. The highest BCUT2D eigenvalue weighted by molar-refractivity contribution is 5.82. The molecule has 2 aromatic rings. The van der Waals surface area contributed by atoms with E-state index in [2.05, 4.69) is 29.1 Å². The molecule has 1 saturated carbocycles. The third-order valence-corrected chi connectivity index (χ3v) is 9.37. The summed E-state index contributed by atoms with van der Waals surface area (Å²) in [4.78, 5) is 32.0. The fraction of sp³-hybridized carbons (Fsp3) is 0.581. The SMILES string of the molecule is Cc1cc(N2CCC([N+](C)(CC(=O)C3CCCCC3)C3CCc4ccc(OC(=O)O)cc43)CC2)cc(C)n1. The number of hydrogen-bond donors (Lipinski definition) is 1. The average molecular weight is 521 g/mol. The Morgan fingerprint density at radius 2 is 1.68 bits per heavy atom. The van der Waals surface area contributed by atoms with Crippen molar-refractivity contribution in [1.82, 2.24) is 4.98 Å². The van der Waals surface area contributed by atoms with Crippen molar-refractivity contribution in [3.05, 3.63) is 52.8 Å². The number of rotatable bonds is 7. The Labute approximate surface area is 226 Å². The first-order chi connectivity index (χ1) is 18.2. The second-order valence-electron chi connectivity index (χ2n) is 11.9. The molecule has 2 heterocycles. The van der Waals surface area contributed by atoms with Gasteiger partial charge in [-0.15, -0.1) is 0 Å². The topological polar surface area (TPSA) is 79.7 Å². The zero-order chi connectivity index (χ0) is 26.9. The predicted molar refractivity (Wildman–Crippen MR) is 148 cm³/mol. The molecule has 0 bridgehead atoms. The van der Waals surface area contributed by atoms with Crippen molar-refractivity contribution in [3.8, 4) is 5.75 Å². The van der Waals surface area contributed by atoms with Gasteiger partial charge in [0.05, 0.1) is 13.1 Å². The molecule has 1 aromatic carbocycles. The van der Waals surface area contributed by atoms with Gasteiger partial charge in [-0.25, -0.2) is 4.79 Å². The van der Waals surface area contributed by atoms with Crippen LogP contribution >= 0.6 is 0 Å². The van der Waals surface area contributed by atoms with Crippen LogP contribution in [-0.2, 0) is 11.2 Å². The van der Waals surface area contributed by atoms with Gasteiger partial charge in [0.1, 0.15) is 18.3 Å². The number of aromatic nitrogens is 1. The fourth-order valence-corrected chi connectivity index (χ4v) is 7.43. The van der Waals surface area contributed by atoms with Crippen LogP contribution < -0.4 is 9.64 Å². The van der Waals surface area contributed by atoms with E-state index < -0.39 is 6.16 Å². The van der Waals surface area contributed by atoms with Crippen LogP contribution in [0.2, 0.25) is 0 Å². The van der Waals surface area contributed by atoms with Crippen molar-refractivity contribution in [1.29, 1.82) is 0 Å². The van der Waals surface area contributed by atoms with Gasteiger partial charge in [-0.05, 0) is 62.9 Å². The van der Waals surface area contributed by atoms with Crippen LogP contribution in [-0.4, -0.2) is 59.2 Å². The number of quaternary nitrogens is 1. The number of ketones is 1. The maximum Gasteiger partial charge on any atom is 0.511 e. The van der Waals surface area contributed by atoms with Crippen LogP contribution in [0.4, 0.5) is 10.5 Å². The summed E-state index contributed by atoms with van der Waals surface area (Å²) in [5.74, 6) is 0.972. The number of Topliss-reactive ketones (excluding diaryl/α,β-unsaturated/α-hetero) is 1. The highest BCUT2D eigenvalue weighted by atomic mass is 16.7. The van der Waals surface area contributed by atoms with E-state index in [1.165, 1.54) is 17.7 Å². The molecular weight excluding hydrogens is 478 g/mol. The number of hydrogen-bond acceptors (Lipinski definition) is 5. The molecular formula is C31H42N3O4+. The number of piperidine rings is 1. The van der Waals surface area contributed by atoms with E-state index in [-0.39, 0.29) is 12.0 Å². The van der Waals surface area contributed by atoms with Crippen LogP contribution in [0.5, 0.6) is 5.75 Å². The normalized spacial score (nSPS) is 22.1. The Kier molecular flexibility index (Phi) is 7.75. The monoisotopic (exact) mass is 520 g/mol. The number of anilines is 1. The summed E-state index contributed by atoms with van der Waals surface area (Å²) in [6, 6.07) is 10.6. The Hall–Kier alpha value is -2.93. The van der Waals surface area contributed by atoms with Crippen molar-refractivity contribution >= 4 is 17.6 Å². The van der Waals surface area contributed by atoms with Gasteiger partial charge < -0.3 is 19.2 Å². The van der Waals surface area contributed by atoms with Gasteiger partial charge in [0.25, 0.3) is 0 Å². The average Bonchev–Trinajstić information content (AvgIpc) is 3.32. The quantitative estimate of drug-likeness (QED) is 0.274. The smallest absolute Gasteiger partial charge is 0.449 e. The largest absolute Gasteiger partial charge is 0.511 e. The summed E-state index contributed by atoms with van der Waals surface area (Å²) >= 11 is 0. The van der Waals surface area contributed by atoms with E-state index >= 15 is 0 Å². The van der Waals surface area contributed by atoms with Crippen molar-refractivity contribution < 1.29 is 23.9 Å². The predicted octanol–water partition coefficient (Wildman–Crippen LogP) is 6.01. The van der Waals surface area contributed by atoms with Crippen LogP contribution in [0, 0.1) is 19.8 Å². The number of aryl methyl sites for hydroxylation is 3. The van der Waals surface area contributed by atoms with Crippen molar-refractivity contribution in [3.63, 3.8) is 0 Å². The Morgan fingerprint density at radius 3 is 2.34 bits per heavy atom. The lowest BCUT2D eigenvalue weighted by atomic mass is 9.84. The number of pyridine rings is 1. The maximum atomic E-state index is 13.8. The second kappa shape index (κ2) is 11.0. The number of carbonyl (C=O) groups excluding carboxylic acids is 1. The molecule has 1 saturated heterocycles. The first-order valence-electron chi connectivity index (χ1n) is 14.3. The Bertz CT molecular complexity index is 1160. The van der Waals surface area contributed by atoms with Gasteiger partial charge in [0.2, 0.25) is 0 Å². The molecule has 3 aliphatic rings. The van der Waals surface area contributed by atoms with Crippen molar-refractivity contribution in [2.24, 2.45) is 5.92 Å². The number of likely N-dealkylation sites (N-methyl/N-ethyl adjacent to an activating group) is 1. The minimum atomic E-state index is -1.29. The van der Waals surface area contributed by atoms with Gasteiger partial charge in [0.15, 0.2) is 5.78 Å². The molecule has 2 fully saturated rings. The number of nitrogens with zero attached hydrogens (tertiary/aromatic N) is 3. The van der Waals surface area contributed by atoms with Crippen LogP contribution in [0.1, 0.15) is 79.9 Å². The lowest BCUT2D eigenvalue weighted by molar-refractivity contribution is -0.955. The van der Waals surface area contributed by atoms with Gasteiger partial charge in [-0.3, -0.25) is 9.78 Å². The molecule has 7 heteroatoms. The Morgan fingerprint density at radius 1 is 1.00 bits per heavy atom. The number of benzene rings is 1. The van der Waals surface area contributed by atoms with Gasteiger partial charge in [0, 0.05) is 60.9 Å². The van der Waals surface area contributed by atoms with Crippen LogP contribution in [0.25, 0.3) is 0 Å². The minimum absolute atomic E-state index is 0.164. The summed E-state index contributed by atoms with van der Waals surface area (Å²) < 4.78 is 5.74. The minimum Gasteiger partial charge on any atom is -0.449 e. The molecule has 38 heavy (non-hydrogen) atoms. The standard InChI is InChI=1S/C31H41N3O4/c1-21-17-25(18-22(2)32-21)33-15-13-26(14-16-33)34(3,20-30(35)24-7-5-4-6-8-24)29-12-10-23-9-11-27(19-28(23)29)38-31(36)37/h9,11,17-19,24,26,29H,4-8,10,12-16,20H2,1-3H3/p+1. The van der Waals surface area contributed by atoms with Crippen molar-refractivity contribution in [2.45, 2.75) is 83.7 Å². The molecule has 0 amide bonds. The van der Waals surface area contributed by atoms with E-state index in [4.69, 9.17) is 4.74 Å². The van der Waals surface area contributed by atoms with Gasteiger partial charge in [-0.2, -0.15) is 0 Å². The van der Waals surface area contributed by atoms with Gasteiger partial charge >= 0.3 is 6.16 Å². The number of carbonyl (C=O) groups is 2. The maximum absolute atomic E-state index is 13.8. The number of fused-ring (bicyclic) bond motifs is 1. The molecule has 5 rings (SSSR count). The Balaban J connectivity index is 1.41. The summed E-state index contributed by atoms with van der Waals surface area (Å²) in [6.07, 6.45) is 8.28. The summed E-state index contributed by atoms with van der Waals surface area (Å²) in [5, 5.41) is 9.18. The van der Waals surface area contributed by atoms with Gasteiger partial charge in [-0.1, -0.05) is 25.3 Å². The molecule has 1 aliphatic heterocycles. The van der Waals surface area contributed by atoms with E-state index in [1.54, 1.807) is 6.07 Å². The highest BCUT2D eigenvalue weighted by Gasteiger charge is 2.47. The summed E-state index contributed by atoms with van der Waals surface area (Å²) in [6.45, 7) is 6.57. The molecule has 204 valence electrons. The summed E-state index contributed by atoms with van der Waals surface area (Å²) in [5.41, 5.74) is 5.74. The third kappa shape index (κ3) is 5.58. The molecule has 1 aromatic heterocycles. The molecule has 0 radical (unpaired) electrons. The van der Waals surface area contributed by atoms with E-state index in [1.807, 2.05) is 26.0 Å². The van der Waals surface area contributed by atoms with Crippen LogP contribution in [0.3, 0.4) is 0 Å². The second-order valence-corrected chi connectivity index (χ2v) is 11.9. The molecule has 2 atom stereocenters. The molecule has 2 unspecified atom stereocenters. The highest BCUT2D eigenvalue weighted by Crippen LogP contribution is 2.45. The summed E-state index contributed by atoms with van der Waals surface area (Å²) in [7, 11) is 2.30. The fourth-order valence-electron chi connectivity index (χ4n) is 7.43. The number of carboxylic acid groups (broad SMARTS) is 1. The lowest BCUT2D eigenvalue weighted by Crippen LogP contribution is -2.60. The number of ether oxygens (including phenoxy) is 1. The lowest BCUT2D eigenvalue weighted by Gasteiger charge is -2.49. The zero-order valence-corrected chi connectivity index (χ0v) is 23.1. The van der Waals surface area contributed by atoms with Crippen LogP contribution in [0.15, 0.2) is 30.3 Å². The first kappa shape index (κ1) is 26.7. The molecule has 2 aliphatic carbocycles. The zero-order valence-electron chi connectivity index (χ0n) is 23.1.